The maximum Gasteiger partial charge on any atom is 0.243 e. The molecule has 0 amide bonds. The third-order valence-corrected chi connectivity index (χ3v) is 7.25. The fourth-order valence-electron chi connectivity index (χ4n) is 3.77. The van der Waals surface area contributed by atoms with Crippen LogP contribution in [-0.4, -0.2) is 57.3 Å². The Kier molecular flexibility index (Phi) is 4.39. The van der Waals surface area contributed by atoms with E-state index in [1.54, 1.807) is 25.3 Å². The highest BCUT2D eigenvalue weighted by atomic mass is 32.2. The number of aliphatic hydroxyl groups excluding tert-OH is 1. The molecule has 23 heavy (non-hydrogen) atoms. The number of methoxy groups -OCH3 is 2. The first-order valence-electron chi connectivity index (χ1n) is 7.79. The fourth-order valence-corrected chi connectivity index (χ4v) is 5.24. The van der Waals surface area contributed by atoms with E-state index in [9.17, 15) is 13.5 Å². The number of hydrogen-bond acceptors (Lipinski definition) is 5. The third kappa shape index (κ3) is 2.65. The normalized spacial score (nSPS) is 27.6. The molecule has 7 heteroatoms. The lowest BCUT2D eigenvalue weighted by Gasteiger charge is -2.56. The van der Waals surface area contributed by atoms with Gasteiger partial charge in [-0.25, -0.2) is 8.42 Å². The van der Waals surface area contributed by atoms with E-state index < -0.39 is 16.1 Å². The Bertz CT molecular complexity index is 667. The standard InChI is InChI=1S/C16H23NO5S/c1-21-12-4-3-5-13(10-12)23(19,20)17-8-6-16(7-9-17)14(18)11-15(16)22-2/h3-5,10,14-15,18H,6-9,11H2,1-2H3/t14-,15+/m0/s1. The minimum Gasteiger partial charge on any atom is -0.497 e. The zero-order valence-electron chi connectivity index (χ0n) is 13.4. The molecule has 0 bridgehead atoms. The second-order valence-corrected chi connectivity index (χ2v) is 8.23. The van der Waals surface area contributed by atoms with Gasteiger partial charge in [0.25, 0.3) is 0 Å². The monoisotopic (exact) mass is 341 g/mol. The Hall–Kier alpha value is -1.15. The molecule has 0 unspecified atom stereocenters. The van der Waals surface area contributed by atoms with Crippen molar-refractivity contribution in [1.82, 2.24) is 4.31 Å². The summed E-state index contributed by atoms with van der Waals surface area (Å²) in [6.07, 6.45) is 1.51. The van der Waals surface area contributed by atoms with Gasteiger partial charge in [-0.15, -0.1) is 0 Å². The second kappa shape index (κ2) is 6.05. The van der Waals surface area contributed by atoms with E-state index in [0.29, 0.717) is 38.1 Å². The average molecular weight is 341 g/mol. The maximum absolute atomic E-state index is 12.8. The van der Waals surface area contributed by atoms with E-state index in [-0.39, 0.29) is 16.4 Å². The summed E-state index contributed by atoms with van der Waals surface area (Å²) in [5.74, 6) is 0.522. The lowest BCUT2D eigenvalue weighted by atomic mass is 9.58. The van der Waals surface area contributed by atoms with Crippen LogP contribution < -0.4 is 4.74 Å². The molecule has 1 aliphatic heterocycles. The van der Waals surface area contributed by atoms with E-state index in [2.05, 4.69) is 0 Å². The quantitative estimate of drug-likeness (QED) is 0.892. The summed E-state index contributed by atoms with van der Waals surface area (Å²) >= 11 is 0. The summed E-state index contributed by atoms with van der Waals surface area (Å²) in [4.78, 5) is 0.241. The molecule has 1 spiro atoms. The number of piperidine rings is 1. The second-order valence-electron chi connectivity index (χ2n) is 6.29. The summed E-state index contributed by atoms with van der Waals surface area (Å²) < 4.78 is 37.6. The molecule has 128 valence electrons. The number of ether oxygens (including phenoxy) is 2. The van der Waals surface area contributed by atoms with Crippen molar-refractivity contribution in [2.24, 2.45) is 5.41 Å². The van der Waals surface area contributed by atoms with Crippen molar-refractivity contribution in [3.8, 4) is 5.75 Å². The van der Waals surface area contributed by atoms with Gasteiger partial charge in [0.15, 0.2) is 0 Å². The molecule has 1 aromatic carbocycles. The molecule has 1 heterocycles. The van der Waals surface area contributed by atoms with Gasteiger partial charge in [0.05, 0.1) is 24.2 Å². The molecule has 2 aliphatic rings. The summed E-state index contributed by atoms with van der Waals surface area (Å²) in [7, 11) is -0.376. The molecular formula is C16H23NO5S. The van der Waals surface area contributed by atoms with Crippen LogP contribution in [0.3, 0.4) is 0 Å². The lowest BCUT2D eigenvalue weighted by Crippen LogP contribution is -2.62. The molecule has 1 saturated heterocycles. The Balaban J connectivity index is 1.76. The maximum atomic E-state index is 12.8. The fraction of sp³-hybridized carbons (Fsp3) is 0.625. The van der Waals surface area contributed by atoms with E-state index in [4.69, 9.17) is 9.47 Å². The van der Waals surface area contributed by atoms with Gasteiger partial charge < -0.3 is 14.6 Å². The van der Waals surface area contributed by atoms with Gasteiger partial charge in [-0.05, 0) is 25.0 Å². The van der Waals surface area contributed by atoms with Crippen molar-refractivity contribution in [2.75, 3.05) is 27.3 Å². The smallest absolute Gasteiger partial charge is 0.243 e. The van der Waals surface area contributed by atoms with Crippen molar-refractivity contribution in [1.29, 1.82) is 0 Å². The van der Waals surface area contributed by atoms with Crippen LogP contribution in [0.25, 0.3) is 0 Å². The van der Waals surface area contributed by atoms with Crippen LogP contribution in [0.5, 0.6) is 5.75 Å². The van der Waals surface area contributed by atoms with Crippen molar-refractivity contribution in [3.05, 3.63) is 24.3 Å². The predicted molar refractivity (Wildman–Crippen MR) is 84.8 cm³/mol. The molecule has 1 aliphatic carbocycles. The summed E-state index contributed by atoms with van der Waals surface area (Å²) in [6, 6.07) is 6.51. The first-order chi connectivity index (χ1) is 10.9. The highest BCUT2D eigenvalue weighted by Gasteiger charge is 2.56. The molecule has 1 N–H and O–H groups in total. The van der Waals surface area contributed by atoms with Gasteiger partial charge in [0, 0.05) is 38.1 Å². The van der Waals surface area contributed by atoms with E-state index in [1.807, 2.05) is 0 Å². The molecule has 1 saturated carbocycles. The SMILES string of the molecule is COc1cccc(S(=O)(=O)N2CCC3(CC2)[C@@H](O)C[C@H]3OC)c1. The summed E-state index contributed by atoms with van der Waals surface area (Å²) in [5, 5.41) is 10.1. The van der Waals surface area contributed by atoms with Gasteiger partial charge >= 0.3 is 0 Å². The average Bonchev–Trinajstić information content (AvgIpc) is 2.59. The third-order valence-electron chi connectivity index (χ3n) is 5.36. The van der Waals surface area contributed by atoms with Gasteiger partial charge in [-0.2, -0.15) is 4.31 Å². The van der Waals surface area contributed by atoms with Gasteiger partial charge in [0.2, 0.25) is 10.0 Å². The molecule has 2 atom stereocenters. The van der Waals surface area contributed by atoms with Crippen LogP contribution in [0.1, 0.15) is 19.3 Å². The number of sulfonamides is 1. The number of hydrogen-bond donors (Lipinski definition) is 1. The zero-order chi connectivity index (χ0) is 16.7. The van der Waals surface area contributed by atoms with Crippen LogP contribution in [-0.2, 0) is 14.8 Å². The number of aliphatic hydroxyl groups is 1. The van der Waals surface area contributed by atoms with Crippen molar-refractivity contribution in [3.63, 3.8) is 0 Å². The molecule has 0 aromatic heterocycles. The highest BCUT2D eigenvalue weighted by molar-refractivity contribution is 7.89. The molecule has 2 fully saturated rings. The minimum atomic E-state index is -3.54. The highest BCUT2D eigenvalue weighted by Crippen LogP contribution is 2.51. The first kappa shape index (κ1) is 16.7. The van der Waals surface area contributed by atoms with Gasteiger partial charge in [-0.1, -0.05) is 6.07 Å². The lowest BCUT2D eigenvalue weighted by molar-refractivity contribution is -0.197. The molecular weight excluding hydrogens is 318 g/mol. The van der Waals surface area contributed by atoms with Gasteiger partial charge in [0.1, 0.15) is 5.75 Å². The van der Waals surface area contributed by atoms with Crippen LogP contribution in [0, 0.1) is 5.41 Å². The van der Waals surface area contributed by atoms with Crippen molar-refractivity contribution < 1.29 is 23.0 Å². The van der Waals surface area contributed by atoms with Crippen LogP contribution in [0.15, 0.2) is 29.2 Å². The zero-order valence-corrected chi connectivity index (χ0v) is 14.3. The topological polar surface area (TPSA) is 76.1 Å². The Morgan fingerprint density at radius 3 is 2.52 bits per heavy atom. The number of nitrogens with zero attached hydrogens (tertiary/aromatic N) is 1. The Labute approximate surface area is 137 Å². The number of benzene rings is 1. The molecule has 6 nitrogen and oxygen atoms in total. The Morgan fingerprint density at radius 2 is 1.96 bits per heavy atom. The van der Waals surface area contributed by atoms with Crippen molar-refractivity contribution >= 4 is 10.0 Å². The largest absolute Gasteiger partial charge is 0.497 e. The van der Waals surface area contributed by atoms with Crippen molar-refractivity contribution in [2.45, 2.75) is 36.4 Å². The molecule has 3 rings (SSSR count). The predicted octanol–water partition coefficient (Wildman–Crippen LogP) is 1.25. The van der Waals surface area contributed by atoms with E-state index in [0.717, 1.165) is 0 Å². The molecule has 1 aromatic rings. The molecule has 0 radical (unpaired) electrons. The minimum absolute atomic E-state index is 0.0270. The Morgan fingerprint density at radius 1 is 1.26 bits per heavy atom. The number of rotatable bonds is 4. The van der Waals surface area contributed by atoms with E-state index >= 15 is 0 Å². The summed E-state index contributed by atoms with van der Waals surface area (Å²) in [5.41, 5.74) is -0.283. The summed E-state index contributed by atoms with van der Waals surface area (Å²) in [6.45, 7) is 0.799. The van der Waals surface area contributed by atoms with E-state index in [1.165, 1.54) is 17.5 Å². The van der Waals surface area contributed by atoms with Crippen LogP contribution in [0.4, 0.5) is 0 Å². The van der Waals surface area contributed by atoms with Crippen LogP contribution in [0.2, 0.25) is 0 Å². The van der Waals surface area contributed by atoms with Crippen LogP contribution >= 0.6 is 0 Å². The van der Waals surface area contributed by atoms with Gasteiger partial charge in [-0.3, -0.25) is 0 Å². The first-order valence-corrected chi connectivity index (χ1v) is 9.23.